The highest BCUT2D eigenvalue weighted by molar-refractivity contribution is 5.94. The Labute approximate surface area is 211 Å². The third kappa shape index (κ3) is 17.4. The molecule has 1 aromatic carbocycles. The van der Waals surface area contributed by atoms with E-state index in [2.05, 4.69) is 16.6 Å². The van der Waals surface area contributed by atoms with Gasteiger partial charge in [-0.05, 0) is 18.2 Å². The number of rotatable bonds is 22. The molecule has 3 N–H and O–H groups in total. The lowest BCUT2D eigenvalue weighted by molar-refractivity contribution is -0.138. The van der Waals surface area contributed by atoms with E-state index in [9.17, 15) is 14.4 Å². The van der Waals surface area contributed by atoms with Crippen molar-refractivity contribution < 1.29 is 43.2 Å². The molecule has 0 bridgehead atoms. The number of carbonyl (C=O) groups excluding carboxylic acids is 2. The molecular weight excluding hydrogens is 472 g/mol. The maximum Gasteiger partial charge on any atom is 0.305 e. The predicted molar refractivity (Wildman–Crippen MR) is 131 cm³/mol. The molecule has 0 atom stereocenters. The minimum atomic E-state index is -0.902. The molecule has 0 saturated carbocycles. The highest BCUT2D eigenvalue weighted by Crippen LogP contribution is 2.03. The van der Waals surface area contributed by atoms with E-state index in [4.69, 9.17) is 35.2 Å². The van der Waals surface area contributed by atoms with Gasteiger partial charge in [-0.1, -0.05) is 12.0 Å². The second-order valence-electron chi connectivity index (χ2n) is 7.29. The number of ether oxygens (including phenoxy) is 5. The monoisotopic (exact) mass is 508 g/mol. The van der Waals surface area contributed by atoms with Crippen molar-refractivity contribution in [3.63, 3.8) is 0 Å². The number of aliphatic carboxylic acids is 1. The van der Waals surface area contributed by atoms with Crippen LogP contribution in [0.5, 0.6) is 0 Å². The highest BCUT2D eigenvalue weighted by Gasteiger charge is 2.05. The van der Waals surface area contributed by atoms with Crippen LogP contribution in [0, 0.1) is 12.3 Å². The average molecular weight is 509 g/mol. The molecule has 0 heterocycles. The summed E-state index contributed by atoms with van der Waals surface area (Å²) >= 11 is 0. The lowest BCUT2D eigenvalue weighted by atomic mass is 10.1. The number of benzene rings is 1. The van der Waals surface area contributed by atoms with Crippen molar-refractivity contribution in [1.82, 2.24) is 10.6 Å². The summed E-state index contributed by atoms with van der Waals surface area (Å²) in [5, 5.41) is 13.9. The standard InChI is InChI=1S/C25H36N2O9/c1-2-21-4-3-5-22(20-21)25(31)27-9-13-35-17-19-36-18-15-32-10-6-23(28)26-8-12-34-16-14-33-11-7-24(29)30/h1,3-5,20H,6-19H2,(H,26,28)(H,27,31)(H,29,30). The summed E-state index contributed by atoms with van der Waals surface area (Å²) in [7, 11) is 0. The van der Waals surface area contributed by atoms with Crippen LogP contribution < -0.4 is 10.6 Å². The largest absolute Gasteiger partial charge is 0.481 e. The Morgan fingerprint density at radius 1 is 0.750 bits per heavy atom. The van der Waals surface area contributed by atoms with Gasteiger partial charge in [0.15, 0.2) is 0 Å². The summed E-state index contributed by atoms with van der Waals surface area (Å²) < 4.78 is 26.5. The van der Waals surface area contributed by atoms with Gasteiger partial charge in [-0.3, -0.25) is 14.4 Å². The zero-order valence-corrected chi connectivity index (χ0v) is 20.5. The molecular formula is C25H36N2O9. The first-order valence-corrected chi connectivity index (χ1v) is 11.7. The predicted octanol–water partition coefficient (Wildman–Crippen LogP) is 0.462. The van der Waals surface area contributed by atoms with Gasteiger partial charge in [-0.15, -0.1) is 6.42 Å². The molecule has 0 unspecified atom stereocenters. The number of terminal acetylenes is 1. The Morgan fingerprint density at radius 3 is 1.86 bits per heavy atom. The maximum absolute atomic E-state index is 12.0. The molecule has 0 aliphatic heterocycles. The van der Waals surface area contributed by atoms with Crippen LogP contribution in [0.3, 0.4) is 0 Å². The van der Waals surface area contributed by atoms with Gasteiger partial charge in [0.2, 0.25) is 5.91 Å². The molecule has 0 radical (unpaired) electrons. The summed E-state index contributed by atoms with van der Waals surface area (Å²) in [6.45, 7) is 4.08. The van der Waals surface area contributed by atoms with Crippen LogP contribution in [-0.4, -0.2) is 102 Å². The third-order valence-corrected chi connectivity index (χ3v) is 4.44. The highest BCUT2D eigenvalue weighted by atomic mass is 16.5. The van der Waals surface area contributed by atoms with E-state index < -0.39 is 5.97 Å². The molecule has 1 aromatic rings. The fourth-order valence-corrected chi connectivity index (χ4v) is 2.63. The summed E-state index contributed by atoms with van der Waals surface area (Å²) in [6.07, 6.45) is 5.53. The van der Waals surface area contributed by atoms with Gasteiger partial charge in [0.05, 0.1) is 72.5 Å². The summed E-state index contributed by atoms with van der Waals surface area (Å²) in [5.74, 6) is 1.25. The van der Waals surface area contributed by atoms with Crippen LogP contribution in [0.1, 0.15) is 28.8 Å². The number of nitrogens with one attached hydrogen (secondary N) is 2. The van der Waals surface area contributed by atoms with E-state index in [1.165, 1.54) is 0 Å². The van der Waals surface area contributed by atoms with Crippen LogP contribution >= 0.6 is 0 Å². The second kappa shape index (κ2) is 21.3. The van der Waals surface area contributed by atoms with Crippen molar-refractivity contribution >= 4 is 17.8 Å². The average Bonchev–Trinajstić information content (AvgIpc) is 2.88. The molecule has 11 nitrogen and oxygen atoms in total. The fraction of sp³-hybridized carbons (Fsp3) is 0.560. The van der Waals surface area contributed by atoms with Crippen molar-refractivity contribution in [2.75, 3.05) is 79.2 Å². The molecule has 11 heteroatoms. The quantitative estimate of drug-likeness (QED) is 0.150. The molecule has 200 valence electrons. The van der Waals surface area contributed by atoms with Crippen molar-refractivity contribution in [3.8, 4) is 12.3 Å². The van der Waals surface area contributed by atoms with Gasteiger partial charge < -0.3 is 39.4 Å². The smallest absolute Gasteiger partial charge is 0.305 e. The summed E-state index contributed by atoms with van der Waals surface area (Å²) in [5.41, 5.74) is 1.16. The Morgan fingerprint density at radius 2 is 1.28 bits per heavy atom. The molecule has 1 rings (SSSR count). The Balaban J connectivity index is 1.82. The minimum Gasteiger partial charge on any atom is -0.481 e. The number of hydrogen-bond acceptors (Lipinski definition) is 8. The SMILES string of the molecule is C#Cc1cccc(C(=O)NCCOCCOCCOCCC(=O)NCCOCCOCCC(=O)O)c1. The third-order valence-electron chi connectivity index (χ3n) is 4.44. The second-order valence-corrected chi connectivity index (χ2v) is 7.29. The zero-order chi connectivity index (χ0) is 26.3. The lowest BCUT2D eigenvalue weighted by Gasteiger charge is -2.09. The van der Waals surface area contributed by atoms with Gasteiger partial charge in [-0.2, -0.15) is 0 Å². The maximum atomic E-state index is 12.0. The first-order chi connectivity index (χ1) is 17.5. The number of carboxylic acid groups (broad SMARTS) is 1. The van der Waals surface area contributed by atoms with Crippen LogP contribution in [-0.2, 0) is 33.3 Å². The molecule has 0 spiro atoms. The van der Waals surface area contributed by atoms with Gasteiger partial charge in [0.1, 0.15) is 0 Å². The van der Waals surface area contributed by atoms with Gasteiger partial charge in [0.25, 0.3) is 5.91 Å². The summed E-state index contributed by atoms with van der Waals surface area (Å²) in [6, 6.07) is 6.85. The van der Waals surface area contributed by atoms with Crippen LogP contribution in [0.25, 0.3) is 0 Å². The van der Waals surface area contributed by atoms with E-state index >= 15 is 0 Å². The number of carboxylic acids is 1. The molecule has 0 aliphatic rings. The van der Waals surface area contributed by atoms with Crippen molar-refractivity contribution in [1.29, 1.82) is 0 Å². The molecule has 0 aliphatic carbocycles. The van der Waals surface area contributed by atoms with E-state index in [0.29, 0.717) is 77.1 Å². The minimum absolute atomic E-state index is 0.0353. The Kier molecular flexibility index (Phi) is 18.3. The molecule has 0 fully saturated rings. The summed E-state index contributed by atoms with van der Waals surface area (Å²) in [4.78, 5) is 34.0. The normalized spacial score (nSPS) is 10.5. The van der Waals surface area contributed by atoms with E-state index in [1.807, 2.05) is 0 Å². The van der Waals surface area contributed by atoms with Gasteiger partial charge in [0, 0.05) is 30.6 Å². The van der Waals surface area contributed by atoms with Crippen molar-refractivity contribution in [2.45, 2.75) is 12.8 Å². The van der Waals surface area contributed by atoms with Crippen molar-refractivity contribution in [3.05, 3.63) is 35.4 Å². The molecule has 0 saturated heterocycles. The van der Waals surface area contributed by atoms with E-state index in [-0.39, 0.29) is 37.9 Å². The van der Waals surface area contributed by atoms with Crippen LogP contribution in [0.2, 0.25) is 0 Å². The van der Waals surface area contributed by atoms with Crippen LogP contribution in [0.15, 0.2) is 24.3 Å². The first-order valence-electron chi connectivity index (χ1n) is 11.7. The molecule has 2 amide bonds. The van der Waals surface area contributed by atoms with E-state index in [1.54, 1.807) is 24.3 Å². The van der Waals surface area contributed by atoms with Gasteiger partial charge in [-0.25, -0.2) is 0 Å². The van der Waals surface area contributed by atoms with Crippen molar-refractivity contribution in [2.24, 2.45) is 0 Å². The van der Waals surface area contributed by atoms with Gasteiger partial charge >= 0.3 is 5.97 Å². The van der Waals surface area contributed by atoms with E-state index in [0.717, 1.165) is 0 Å². The number of amides is 2. The number of hydrogen-bond donors (Lipinski definition) is 3. The van der Waals surface area contributed by atoms with Crippen LogP contribution in [0.4, 0.5) is 0 Å². The number of carbonyl (C=O) groups is 3. The molecule has 0 aromatic heterocycles. The zero-order valence-electron chi connectivity index (χ0n) is 20.5. The Hall–Kier alpha value is -3.01. The lowest BCUT2D eigenvalue weighted by Crippen LogP contribution is -2.28. The Bertz CT molecular complexity index is 811. The molecule has 36 heavy (non-hydrogen) atoms. The fourth-order valence-electron chi connectivity index (χ4n) is 2.63. The topological polar surface area (TPSA) is 142 Å². The first kappa shape index (κ1) is 31.0.